The number of anilines is 1. The minimum atomic E-state index is 0.881. The van der Waals surface area contributed by atoms with Gasteiger partial charge in [-0.3, -0.25) is 4.90 Å². The van der Waals surface area contributed by atoms with E-state index in [1.54, 1.807) is 0 Å². The molecule has 0 spiro atoms. The van der Waals surface area contributed by atoms with Crippen LogP contribution in [0.5, 0.6) is 0 Å². The standard InChI is InChI=1S/C16H25N3O/c1-2-16(13-15-4-6-17-5-3-14(1)15)18-7-8-19-9-11-20-12-10-19/h1-2,13,17-18H,3-12H2. The molecule has 2 heterocycles. The Hall–Kier alpha value is -1.10. The molecule has 0 atom stereocenters. The average molecular weight is 275 g/mol. The lowest BCUT2D eigenvalue weighted by Crippen LogP contribution is -2.39. The number of morpholine rings is 1. The fourth-order valence-corrected chi connectivity index (χ4v) is 2.97. The lowest BCUT2D eigenvalue weighted by Gasteiger charge is -2.26. The van der Waals surface area contributed by atoms with Gasteiger partial charge in [0.2, 0.25) is 0 Å². The first-order chi connectivity index (χ1) is 9.92. The van der Waals surface area contributed by atoms with E-state index in [0.717, 1.165) is 65.3 Å². The minimum absolute atomic E-state index is 0.881. The van der Waals surface area contributed by atoms with Crippen molar-refractivity contribution in [1.82, 2.24) is 10.2 Å². The fraction of sp³-hybridized carbons (Fsp3) is 0.625. The second-order valence-corrected chi connectivity index (χ2v) is 5.61. The number of rotatable bonds is 4. The van der Waals surface area contributed by atoms with Crippen molar-refractivity contribution in [3.05, 3.63) is 29.3 Å². The third kappa shape index (κ3) is 3.72. The van der Waals surface area contributed by atoms with E-state index in [1.165, 1.54) is 16.8 Å². The van der Waals surface area contributed by atoms with Crippen LogP contribution in [0.2, 0.25) is 0 Å². The molecule has 0 aliphatic carbocycles. The highest BCUT2D eigenvalue weighted by Crippen LogP contribution is 2.18. The largest absolute Gasteiger partial charge is 0.384 e. The van der Waals surface area contributed by atoms with E-state index in [-0.39, 0.29) is 0 Å². The summed E-state index contributed by atoms with van der Waals surface area (Å²) in [7, 11) is 0. The summed E-state index contributed by atoms with van der Waals surface area (Å²) in [6.07, 6.45) is 2.30. The molecule has 1 aromatic carbocycles. The summed E-state index contributed by atoms with van der Waals surface area (Å²) in [6.45, 7) is 8.22. The molecule has 4 heteroatoms. The number of ether oxygens (including phenoxy) is 1. The smallest absolute Gasteiger partial charge is 0.0594 e. The lowest BCUT2D eigenvalue weighted by molar-refractivity contribution is 0.0398. The topological polar surface area (TPSA) is 36.5 Å². The molecule has 0 radical (unpaired) electrons. The van der Waals surface area contributed by atoms with Crippen LogP contribution in [0.1, 0.15) is 11.1 Å². The van der Waals surface area contributed by atoms with Crippen LogP contribution in [0, 0.1) is 0 Å². The molecule has 0 bridgehead atoms. The van der Waals surface area contributed by atoms with E-state index in [1.807, 2.05) is 0 Å². The maximum atomic E-state index is 5.37. The molecular formula is C16H25N3O. The van der Waals surface area contributed by atoms with Gasteiger partial charge in [0.25, 0.3) is 0 Å². The normalized spacial score (nSPS) is 20.2. The molecule has 4 nitrogen and oxygen atoms in total. The third-order valence-corrected chi connectivity index (χ3v) is 4.21. The number of benzene rings is 1. The Morgan fingerprint density at radius 3 is 2.75 bits per heavy atom. The zero-order chi connectivity index (χ0) is 13.6. The third-order valence-electron chi connectivity index (χ3n) is 4.21. The maximum absolute atomic E-state index is 5.37. The average Bonchev–Trinajstić information content (AvgIpc) is 2.73. The molecule has 1 fully saturated rings. The molecule has 0 unspecified atom stereocenters. The zero-order valence-electron chi connectivity index (χ0n) is 12.2. The molecule has 20 heavy (non-hydrogen) atoms. The van der Waals surface area contributed by atoms with Gasteiger partial charge in [-0.15, -0.1) is 0 Å². The quantitative estimate of drug-likeness (QED) is 0.863. The van der Waals surface area contributed by atoms with E-state index >= 15 is 0 Å². The van der Waals surface area contributed by atoms with Crippen LogP contribution in [0.25, 0.3) is 0 Å². The van der Waals surface area contributed by atoms with Gasteiger partial charge in [-0.05, 0) is 49.2 Å². The summed E-state index contributed by atoms with van der Waals surface area (Å²) in [5, 5.41) is 7.02. The van der Waals surface area contributed by atoms with Gasteiger partial charge in [-0.1, -0.05) is 6.07 Å². The first kappa shape index (κ1) is 13.9. The van der Waals surface area contributed by atoms with Crippen LogP contribution in [-0.4, -0.2) is 57.4 Å². The second kappa shape index (κ2) is 7.07. The van der Waals surface area contributed by atoms with E-state index < -0.39 is 0 Å². The Bertz CT molecular complexity index is 430. The Labute approximate surface area is 121 Å². The van der Waals surface area contributed by atoms with Crippen molar-refractivity contribution in [3.63, 3.8) is 0 Å². The molecule has 1 aromatic rings. The summed E-state index contributed by atoms with van der Waals surface area (Å²) < 4.78 is 5.37. The van der Waals surface area contributed by atoms with Crippen LogP contribution in [0.15, 0.2) is 18.2 Å². The highest BCUT2D eigenvalue weighted by atomic mass is 16.5. The van der Waals surface area contributed by atoms with Crippen molar-refractivity contribution in [1.29, 1.82) is 0 Å². The molecule has 0 amide bonds. The van der Waals surface area contributed by atoms with Gasteiger partial charge < -0.3 is 15.4 Å². The predicted molar refractivity (Wildman–Crippen MR) is 82.5 cm³/mol. The fourth-order valence-electron chi connectivity index (χ4n) is 2.97. The van der Waals surface area contributed by atoms with Crippen LogP contribution in [0.4, 0.5) is 5.69 Å². The first-order valence-corrected chi connectivity index (χ1v) is 7.78. The van der Waals surface area contributed by atoms with Crippen molar-refractivity contribution in [2.24, 2.45) is 0 Å². The van der Waals surface area contributed by atoms with E-state index in [4.69, 9.17) is 4.74 Å². The van der Waals surface area contributed by atoms with Crippen LogP contribution < -0.4 is 10.6 Å². The highest BCUT2D eigenvalue weighted by Gasteiger charge is 2.10. The Kier molecular flexibility index (Phi) is 4.90. The van der Waals surface area contributed by atoms with Gasteiger partial charge >= 0.3 is 0 Å². The number of fused-ring (bicyclic) bond motifs is 1. The second-order valence-electron chi connectivity index (χ2n) is 5.61. The SMILES string of the molecule is c1cc2c(cc1NCCN1CCOCC1)CCNCC2. The first-order valence-electron chi connectivity index (χ1n) is 7.78. The predicted octanol–water partition coefficient (Wildman–Crippen LogP) is 1.12. The van der Waals surface area contributed by atoms with E-state index in [9.17, 15) is 0 Å². The summed E-state index contributed by atoms with van der Waals surface area (Å²) >= 11 is 0. The van der Waals surface area contributed by atoms with Crippen molar-refractivity contribution in [2.75, 3.05) is 57.8 Å². The minimum Gasteiger partial charge on any atom is -0.384 e. The highest BCUT2D eigenvalue weighted by molar-refractivity contribution is 5.49. The van der Waals surface area contributed by atoms with Gasteiger partial charge in [0.1, 0.15) is 0 Å². The number of hydrogen-bond donors (Lipinski definition) is 2. The van der Waals surface area contributed by atoms with Crippen molar-refractivity contribution in [3.8, 4) is 0 Å². The van der Waals surface area contributed by atoms with E-state index in [0.29, 0.717) is 0 Å². The molecule has 110 valence electrons. The molecule has 0 saturated carbocycles. The van der Waals surface area contributed by atoms with Crippen LogP contribution in [-0.2, 0) is 17.6 Å². The molecule has 3 rings (SSSR count). The number of nitrogens with zero attached hydrogens (tertiary/aromatic N) is 1. The zero-order valence-corrected chi connectivity index (χ0v) is 12.2. The van der Waals surface area contributed by atoms with Crippen LogP contribution in [0.3, 0.4) is 0 Å². The molecule has 0 aromatic heterocycles. The van der Waals surface area contributed by atoms with Gasteiger partial charge in [0.05, 0.1) is 13.2 Å². The number of hydrogen-bond acceptors (Lipinski definition) is 4. The molecule has 2 N–H and O–H groups in total. The molecule has 2 aliphatic rings. The van der Waals surface area contributed by atoms with Gasteiger partial charge in [0.15, 0.2) is 0 Å². The van der Waals surface area contributed by atoms with E-state index in [2.05, 4.69) is 33.7 Å². The summed E-state index contributed by atoms with van der Waals surface area (Å²) in [5.41, 5.74) is 4.28. The Morgan fingerprint density at radius 2 is 1.90 bits per heavy atom. The molecular weight excluding hydrogens is 250 g/mol. The van der Waals surface area contributed by atoms with Crippen LogP contribution >= 0.6 is 0 Å². The van der Waals surface area contributed by atoms with Crippen molar-refractivity contribution in [2.45, 2.75) is 12.8 Å². The summed E-state index contributed by atoms with van der Waals surface area (Å²) in [5.74, 6) is 0. The Balaban J connectivity index is 1.51. The van der Waals surface area contributed by atoms with Crippen molar-refractivity contribution >= 4 is 5.69 Å². The van der Waals surface area contributed by atoms with Gasteiger partial charge in [-0.25, -0.2) is 0 Å². The maximum Gasteiger partial charge on any atom is 0.0594 e. The van der Waals surface area contributed by atoms with Crippen molar-refractivity contribution < 1.29 is 4.74 Å². The monoisotopic (exact) mass is 275 g/mol. The Morgan fingerprint density at radius 1 is 1.10 bits per heavy atom. The van der Waals surface area contributed by atoms with Gasteiger partial charge in [-0.2, -0.15) is 0 Å². The summed E-state index contributed by atoms with van der Waals surface area (Å²) in [6, 6.07) is 6.85. The van der Waals surface area contributed by atoms with Gasteiger partial charge in [0, 0.05) is 31.9 Å². The lowest BCUT2D eigenvalue weighted by atomic mass is 10.0. The molecule has 2 aliphatic heterocycles. The number of nitrogens with one attached hydrogen (secondary N) is 2. The molecule has 1 saturated heterocycles. The summed E-state index contributed by atoms with van der Waals surface area (Å²) in [4.78, 5) is 2.46.